The molecular weight excluding hydrogens is 536 g/mol. The van der Waals surface area contributed by atoms with Crippen molar-refractivity contribution in [2.45, 2.75) is 55.8 Å². The Labute approximate surface area is 234 Å². The molecule has 0 aliphatic carbocycles. The van der Waals surface area contributed by atoms with Gasteiger partial charge >= 0.3 is 10.8 Å². The number of hydrogen-bond donors (Lipinski definition) is 0. The van der Waals surface area contributed by atoms with Crippen LogP contribution in [-0.2, 0) is 31.1 Å². The van der Waals surface area contributed by atoms with Crippen LogP contribution in [0.2, 0.25) is 0 Å². The standard InChI is InChI=1S/C29H30N2O6S2/c1-6-37-20(32)15-30-27-24(39-28(30)35)21(16-7-9-17(10-8-16)29(2,3)4)22-23(38-27)26(34)31(25(22)33)18-11-13-19(36-5)14-12-18/h7-14,21-23H,6,15H2,1-5H3/t21-,22-,23+/m0/s1. The first-order valence-corrected chi connectivity index (χ1v) is 14.4. The van der Waals surface area contributed by atoms with Crippen molar-refractivity contribution in [3.8, 4) is 5.75 Å². The number of imide groups is 1. The van der Waals surface area contributed by atoms with Gasteiger partial charge in [-0.2, -0.15) is 0 Å². The monoisotopic (exact) mass is 566 g/mol. The lowest BCUT2D eigenvalue weighted by atomic mass is 9.81. The molecule has 0 N–H and O–H groups in total. The number of benzene rings is 2. The predicted octanol–water partition coefficient (Wildman–Crippen LogP) is 4.57. The van der Waals surface area contributed by atoms with Crippen LogP contribution in [-0.4, -0.2) is 41.3 Å². The average molecular weight is 567 g/mol. The molecule has 1 fully saturated rings. The number of amides is 2. The minimum atomic E-state index is -0.748. The number of thiazole rings is 1. The van der Waals surface area contributed by atoms with Crippen LogP contribution in [0.5, 0.6) is 5.75 Å². The van der Waals surface area contributed by atoms with E-state index in [0.29, 0.717) is 21.3 Å². The van der Waals surface area contributed by atoms with E-state index < -0.39 is 23.1 Å². The Balaban J connectivity index is 1.63. The Hall–Kier alpha value is -3.37. The second-order valence-corrected chi connectivity index (χ2v) is 12.7. The van der Waals surface area contributed by atoms with Gasteiger partial charge in [-0.05, 0) is 47.7 Å². The molecule has 8 nitrogen and oxygen atoms in total. The summed E-state index contributed by atoms with van der Waals surface area (Å²) in [4.78, 5) is 54.8. The highest BCUT2D eigenvalue weighted by molar-refractivity contribution is 8.00. The summed E-state index contributed by atoms with van der Waals surface area (Å²) in [7, 11) is 1.55. The van der Waals surface area contributed by atoms with E-state index in [2.05, 4.69) is 20.8 Å². The molecule has 2 aliphatic heterocycles. The number of ether oxygens (including phenoxy) is 2. The van der Waals surface area contributed by atoms with Gasteiger partial charge in [0.2, 0.25) is 11.8 Å². The van der Waals surface area contributed by atoms with Crippen molar-refractivity contribution < 1.29 is 23.9 Å². The van der Waals surface area contributed by atoms with Gasteiger partial charge in [0.25, 0.3) is 0 Å². The minimum Gasteiger partial charge on any atom is -0.497 e. The van der Waals surface area contributed by atoms with Crippen LogP contribution in [0.1, 0.15) is 49.6 Å². The highest BCUT2D eigenvalue weighted by atomic mass is 32.2. The number of aromatic nitrogens is 1. The molecule has 0 radical (unpaired) electrons. The van der Waals surface area contributed by atoms with Crippen molar-refractivity contribution in [3.63, 3.8) is 0 Å². The van der Waals surface area contributed by atoms with Crippen LogP contribution < -0.4 is 14.5 Å². The minimum absolute atomic E-state index is 0.0628. The molecule has 1 saturated heterocycles. The smallest absolute Gasteiger partial charge is 0.326 e. The highest BCUT2D eigenvalue weighted by Crippen LogP contribution is 2.54. The molecule has 3 aromatic rings. The Morgan fingerprint density at radius 1 is 0.974 bits per heavy atom. The zero-order chi connectivity index (χ0) is 28.1. The maximum Gasteiger partial charge on any atom is 0.326 e. The highest BCUT2D eigenvalue weighted by Gasteiger charge is 2.56. The topological polar surface area (TPSA) is 94.9 Å². The molecule has 2 aliphatic rings. The summed E-state index contributed by atoms with van der Waals surface area (Å²) in [5, 5.41) is -0.205. The third-order valence-corrected chi connectivity index (χ3v) is 9.71. The number of methoxy groups -OCH3 is 1. The van der Waals surface area contributed by atoms with Crippen molar-refractivity contribution in [2.24, 2.45) is 5.92 Å². The van der Waals surface area contributed by atoms with Gasteiger partial charge in [-0.15, -0.1) is 0 Å². The largest absolute Gasteiger partial charge is 0.497 e. The molecule has 5 rings (SSSR count). The van der Waals surface area contributed by atoms with Gasteiger partial charge in [-0.25, -0.2) is 4.90 Å². The zero-order valence-electron chi connectivity index (χ0n) is 22.4. The first-order valence-electron chi connectivity index (χ1n) is 12.7. The van der Waals surface area contributed by atoms with Crippen LogP contribution in [0, 0.1) is 5.92 Å². The van der Waals surface area contributed by atoms with Crippen LogP contribution in [0.3, 0.4) is 0 Å². The summed E-state index contributed by atoms with van der Waals surface area (Å²) >= 11 is 2.21. The Morgan fingerprint density at radius 2 is 1.64 bits per heavy atom. The van der Waals surface area contributed by atoms with E-state index in [1.165, 1.54) is 21.2 Å². The van der Waals surface area contributed by atoms with Gasteiger partial charge in [-0.1, -0.05) is 68.1 Å². The fraction of sp³-hybridized carbons (Fsp3) is 0.379. The van der Waals surface area contributed by atoms with Crippen LogP contribution in [0.15, 0.2) is 58.4 Å². The number of rotatable bonds is 6. The molecule has 0 spiro atoms. The average Bonchev–Trinajstić information content (AvgIpc) is 3.34. The lowest BCUT2D eigenvalue weighted by Crippen LogP contribution is -2.32. The van der Waals surface area contributed by atoms with Gasteiger partial charge in [0.1, 0.15) is 17.5 Å². The Kier molecular flexibility index (Phi) is 7.19. The van der Waals surface area contributed by atoms with Crippen molar-refractivity contribution in [2.75, 3.05) is 18.6 Å². The van der Waals surface area contributed by atoms with Crippen LogP contribution in [0.4, 0.5) is 5.69 Å². The fourth-order valence-corrected chi connectivity index (χ4v) is 7.90. The first-order chi connectivity index (χ1) is 18.5. The second kappa shape index (κ2) is 10.3. The van der Waals surface area contributed by atoms with Crippen molar-refractivity contribution in [1.29, 1.82) is 0 Å². The molecule has 10 heteroatoms. The summed E-state index contributed by atoms with van der Waals surface area (Å²) in [6, 6.07) is 14.8. The van der Waals surface area contributed by atoms with E-state index in [9.17, 15) is 19.2 Å². The van der Waals surface area contributed by atoms with E-state index in [0.717, 1.165) is 22.5 Å². The molecule has 0 unspecified atom stereocenters. The summed E-state index contributed by atoms with van der Waals surface area (Å²) in [5.41, 5.74) is 2.39. The molecule has 0 saturated carbocycles. The zero-order valence-corrected chi connectivity index (χ0v) is 24.1. The van der Waals surface area contributed by atoms with Crippen molar-refractivity contribution >= 4 is 46.6 Å². The quantitative estimate of drug-likeness (QED) is 0.319. The van der Waals surface area contributed by atoms with Crippen molar-refractivity contribution in [1.82, 2.24) is 4.57 Å². The van der Waals surface area contributed by atoms with E-state index in [-0.39, 0.29) is 35.3 Å². The lowest BCUT2D eigenvalue weighted by Gasteiger charge is -2.31. The number of esters is 1. The van der Waals surface area contributed by atoms with Crippen molar-refractivity contribution in [3.05, 3.63) is 74.2 Å². The number of thioether (sulfide) groups is 1. The molecule has 1 aromatic heterocycles. The number of carbonyl (C=O) groups is 3. The number of nitrogens with zero attached hydrogens (tertiary/aromatic N) is 2. The van der Waals surface area contributed by atoms with Gasteiger partial charge < -0.3 is 9.47 Å². The third-order valence-electron chi connectivity index (χ3n) is 7.11. The Morgan fingerprint density at radius 3 is 2.23 bits per heavy atom. The normalized spacial score (nSPS) is 20.5. The van der Waals surface area contributed by atoms with Crippen LogP contribution in [0.25, 0.3) is 0 Å². The predicted molar refractivity (Wildman–Crippen MR) is 151 cm³/mol. The summed E-state index contributed by atoms with van der Waals surface area (Å²) in [5.74, 6) is -1.78. The molecule has 204 valence electrons. The second-order valence-electron chi connectivity index (χ2n) is 10.6. The third kappa shape index (κ3) is 4.80. The summed E-state index contributed by atoms with van der Waals surface area (Å²) in [6.45, 7) is 8.03. The van der Waals surface area contributed by atoms with E-state index in [1.54, 1.807) is 38.3 Å². The number of anilines is 1. The van der Waals surface area contributed by atoms with Gasteiger partial charge in [0, 0.05) is 10.8 Å². The van der Waals surface area contributed by atoms with Gasteiger partial charge in [0.15, 0.2) is 0 Å². The van der Waals surface area contributed by atoms with Gasteiger partial charge in [-0.3, -0.25) is 23.7 Å². The summed E-state index contributed by atoms with van der Waals surface area (Å²) < 4.78 is 11.7. The molecule has 2 amide bonds. The number of fused-ring (bicyclic) bond motifs is 2. The number of hydrogen-bond acceptors (Lipinski definition) is 8. The maximum atomic E-state index is 14.0. The van der Waals surface area contributed by atoms with E-state index >= 15 is 0 Å². The molecule has 39 heavy (non-hydrogen) atoms. The molecule has 0 bridgehead atoms. The molecular formula is C29H30N2O6S2. The molecule has 3 atom stereocenters. The van der Waals surface area contributed by atoms with E-state index in [1.807, 2.05) is 24.3 Å². The fourth-order valence-electron chi connectivity index (χ4n) is 5.13. The van der Waals surface area contributed by atoms with Crippen LogP contribution >= 0.6 is 23.1 Å². The maximum absolute atomic E-state index is 14.0. The molecule has 3 heterocycles. The Bertz CT molecular complexity index is 1480. The number of carbonyl (C=O) groups excluding carboxylic acids is 3. The summed E-state index contributed by atoms with van der Waals surface area (Å²) in [6.07, 6.45) is 0. The SMILES string of the molecule is CCOC(=O)Cn1c2c(sc1=O)[C@@H](c1ccc(C(C)(C)C)cc1)[C@@H]1C(=O)N(c3ccc(OC)cc3)C(=O)[C@@H]1S2. The lowest BCUT2D eigenvalue weighted by molar-refractivity contribution is -0.144. The van der Waals surface area contributed by atoms with Gasteiger partial charge in [0.05, 0.1) is 30.3 Å². The molecule has 2 aromatic carbocycles. The first kappa shape index (κ1) is 27.2. The van der Waals surface area contributed by atoms with E-state index in [4.69, 9.17) is 9.47 Å².